The summed E-state index contributed by atoms with van der Waals surface area (Å²) in [5, 5.41) is 3.00. The second kappa shape index (κ2) is 5.97. The minimum atomic E-state index is -0.947. The molecule has 1 N–H and O–H groups in total. The van der Waals surface area contributed by atoms with Gasteiger partial charge in [0.15, 0.2) is 11.6 Å². The highest BCUT2D eigenvalue weighted by Gasteiger charge is 2.21. The van der Waals surface area contributed by atoms with E-state index in [2.05, 4.69) is 21.2 Å². The number of nitrogens with one attached hydrogen (secondary N) is 1. The molecule has 0 aliphatic rings. The van der Waals surface area contributed by atoms with Crippen LogP contribution in [0.5, 0.6) is 0 Å². The fraction of sp³-hybridized carbons (Fsp3) is 0.200. The lowest BCUT2D eigenvalue weighted by Crippen LogP contribution is -2.20. The van der Waals surface area contributed by atoms with Crippen molar-refractivity contribution >= 4 is 15.9 Å². The Morgan fingerprint density at radius 2 is 1.75 bits per heavy atom. The first-order chi connectivity index (χ1) is 9.45. The lowest BCUT2D eigenvalue weighted by atomic mass is 9.95. The van der Waals surface area contributed by atoms with Gasteiger partial charge in [0, 0.05) is 0 Å². The largest absolute Gasteiger partial charge is 0.309 e. The molecule has 0 aromatic heterocycles. The van der Waals surface area contributed by atoms with E-state index >= 15 is 0 Å². The molecule has 0 fully saturated rings. The number of halogens is 4. The van der Waals surface area contributed by atoms with Crippen molar-refractivity contribution in [2.24, 2.45) is 0 Å². The topological polar surface area (TPSA) is 12.0 Å². The summed E-state index contributed by atoms with van der Waals surface area (Å²) >= 11 is 3.06. The number of benzene rings is 2. The summed E-state index contributed by atoms with van der Waals surface area (Å²) in [5.74, 6) is -2.24. The highest BCUT2D eigenvalue weighted by atomic mass is 79.9. The van der Waals surface area contributed by atoms with Gasteiger partial charge in [0.1, 0.15) is 5.82 Å². The molecule has 0 radical (unpaired) electrons. The number of hydrogen-bond donors (Lipinski definition) is 1. The van der Waals surface area contributed by atoms with E-state index in [0.29, 0.717) is 11.1 Å². The van der Waals surface area contributed by atoms with Crippen LogP contribution in [0.1, 0.15) is 22.7 Å². The zero-order valence-electron chi connectivity index (χ0n) is 11.0. The molecule has 2 rings (SSSR count). The molecular weight excluding hydrogens is 331 g/mol. The van der Waals surface area contributed by atoms with Gasteiger partial charge in [-0.3, -0.25) is 0 Å². The summed E-state index contributed by atoms with van der Waals surface area (Å²) in [7, 11) is 1.68. The van der Waals surface area contributed by atoms with Crippen molar-refractivity contribution < 1.29 is 13.2 Å². The van der Waals surface area contributed by atoms with Gasteiger partial charge in [0.05, 0.1) is 10.5 Å². The van der Waals surface area contributed by atoms with Crippen LogP contribution >= 0.6 is 15.9 Å². The predicted octanol–water partition coefficient (Wildman–Crippen LogP) is 4.48. The minimum Gasteiger partial charge on any atom is -0.309 e. The van der Waals surface area contributed by atoms with Crippen molar-refractivity contribution in [1.29, 1.82) is 0 Å². The quantitative estimate of drug-likeness (QED) is 0.810. The summed E-state index contributed by atoms with van der Waals surface area (Å²) in [6.45, 7) is 1.84. The van der Waals surface area contributed by atoms with Gasteiger partial charge in [-0.05, 0) is 64.8 Å². The molecule has 0 amide bonds. The first-order valence-electron chi connectivity index (χ1n) is 6.02. The highest BCUT2D eigenvalue weighted by molar-refractivity contribution is 9.10. The highest BCUT2D eigenvalue weighted by Crippen LogP contribution is 2.33. The van der Waals surface area contributed by atoms with Crippen molar-refractivity contribution in [2.45, 2.75) is 13.0 Å². The lowest BCUT2D eigenvalue weighted by molar-refractivity contribution is 0.499. The Morgan fingerprint density at radius 1 is 1.05 bits per heavy atom. The first-order valence-corrected chi connectivity index (χ1v) is 6.81. The Kier molecular flexibility index (Phi) is 4.50. The van der Waals surface area contributed by atoms with Gasteiger partial charge in [-0.15, -0.1) is 0 Å². The van der Waals surface area contributed by atoms with Crippen molar-refractivity contribution in [3.63, 3.8) is 0 Å². The Hall–Kier alpha value is -1.33. The van der Waals surface area contributed by atoms with E-state index in [4.69, 9.17) is 0 Å². The number of aryl methyl sites for hydroxylation is 1. The van der Waals surface area contributed by atoms with E-state index in [-0.39, 0.29) is 10.3 Å². The molecule has 0 aliphatic carbocycles. The predicted molar refractivity (Wildman–Crippen MR) is 76.1 cm³/mol. The second-order valence-electron chi connectivity index (χ2n) is 4.49. The Labute approximate surface area is 123 Å². The molecule has 5 heteroatoms. The van der Waals surface area contributed by atoms with Crippen LogP contribution in [0.3, 0.4) is 0 Å². The summed E-state index contributed by atoms with van der Waals surface area (Å²) in [6.07, 6.45) is 0. The second-order valence-corrected chi connectivity index (χ2v) is 5.28. The summed E-state index contributed by atoms with van der Waals surface area (Å²) in [5.41, 5.74) is 2.06. The van der Waals surface area contributed by atoms with Crippen molar-refractivity contribution in [3.8, 4) is 0 Å². The number of hydrogen-bond acceptors (Lipinski definition) is 1. The molecule has 0 spiro atoms. The maximum Gasteiger partial charge on any atom is 0.173 e. The fourth-order valence-corrected chi connectivity index (χ4v) is 2.72. The van der Waals surface area contributed by atoms with Crippen LogP contribution in [-0.2, 0) is 0 Å². The van der Waals surface area contributed by atoms with Crippen molar-refractivity contribution in [1.82, 2.24) is 5.32 Å². The van der Waals surface area contributed by atoms with Crippen molar-refractivity contribution in [3.05, 3.63) is 68.9 Å². The average Bonchev–Trinajstić information content (AvgIpc) is 2.43. The molecule has 0 saturated heterocycles. The molecule has 1 atom stereocenters. The molecule has 0 saturated carbocycles. The van der Waals surface area contributed by atoms with Crippen LogP contribution in [0.2, 0.25) is 0 Å². The van der Waals surface area contributed by atoms with E-state index in [0.717, 1.165) is 11.6 Å². The fourth-order valence-electron chi connectivity index (χ4n) is 2.16. The summed E-state index contributed by atoms with van der Waals surface area (Å²) in [6, 6.07) is 6.52. The third-order valence-electron chi connectivity index (χ3n) is 3.22. The smallest absolute Gasteiger partial charge is 0.173 e. The Bertz CT molecular complexity index is 643. The molecule has 20 heavy (non-hydrogen) atoms. The summed E-state index contributed by atoms with van der Waals surface area (Å²) < 4.78 is 40.3. The van der Waals surface area contributed by atoms with Crippen LogP contribution < -0.4 is 5.32 Å². The van der Waals surface area contributed by atoms with E-state index in [1.807, 2.05) is 6.92 Å². The maximum atomic E-state index is 13.7. The van der Waals surface area contributed by atoms with E-state index in [1.165, 1.54) is 18.2 Å². The standard InChI is InChI=1S/C15H13BrF3N/c1-8-3-4-9(17)7-11(8)15(20-2)10-5-6-12(18)14(19)13(10)16/h3-7,15,20H,1-2H3. The normalized spacial score (nSPS) is 12.5. The molecule has 106 valence electrons. The summed E-state index contributed by atoms with van der Waals surface area (Å²) in [4.78, 5) is 0. The molecule has 1 unspecified atom stereocenters. The lowest BCUT2D eigenvalue weighted by Gasteiger charge is -2.21. The monoisotopic (exact) mass is 343 g/mol. The van der Waals surface area contributed by atoms with E-state index < -0.39 is 17.7 Å². The SMILES string of the molecule is CNC(c1cc(F)ccc1C)c1ccc(F)c(F)c1Br. The minimum absolute atomic E-state index is 0.0421. The first kappa shape index (κ1) is 15.1. The van der Waals surface area contributed by atoms with Gasteiger partial charge < -0.3 is 5.32 Å². The van der Waals surface area contributed by atoms with Gasteiger partial charge in [0.2, 0.25) is 0 Å². The van der Waals surface area contributed by atoms with E-state index in [1.54, 1.807) is 13.1 Å². The molecule has 0 bridgehead atoms. The number of rotatable bonds is 3. The Morgan fingerprint density at radius 3 is 2.40 bits per heavy atom. The van der Waals surface area contributed by atoms with Gasteiger partial charge in [-0.2, -0.15) is 0 Å². The van der Waals surface area contributed by atoms with Crippen LogP contribution in [0.15, 0.2) is 34.8 Å². The van der Waals surface area contributed by atoms with E-state index in [9.17, 15) is 13.2 Å². The molecule has 0 heterocycles. The molecule has 0 aliphatic heterocycles. The molecular formula is C15H13BrF3N. The molecule has 2 aromatic carbocycles. The third-order valence-corrected chi connectivity index (χ3v) is 4.02. The van der Waals surface area contributed by atoms with Gasteiger partial charge in [0.25, 0.3) is 0 Å². The third kappa shape index (κ3) is 2.74. The van der Waals surface area contributed by atoms with Crippen LogP contribution in [0.25, 0.3) is 0 Å². The van der Waals surface area contributed by atoms with Crippen LogP contribution in [-0.4, -0.2) is 7.05 Å². The zero-order chi connectivity index (χ0) is 14.9. The average molecular weight is 344 g/mol. The van der Waals surface area contributed by atoms with Gasteiger partial charge in [-0.1, -0.05) is 12.1 Å². The Balaban J connectivity index is 2.58. The molecule has 2 aromatic rings. The van der Waals surface area contributed by atoms with Crippen molar-refractivity contribution in [2.75, 3.05) is 7.05 Å². The van der Waals surface area contributed by atoms with Crippen LogP contribution in [0, 0.1) is 24.4 Å². The van der Waals surface area contributed by atoms with Gasteiger partial charge in [-0.25, -0.2) is 13.2 Å². The van der Waals surface area contributed by atoms with Gasteiger partial charge >= 0.3 is 0 Å². The zero-order valence-corrected chi connectivity index (χ0v) is 12.6. The van der Waals surface area contributed by atoms with Crippen LogP contribution in [0.4, 0.5) is 13.2 Å². The maximum absolute atomic E-state index is 13.7. The molecule has 1 nitrogen and oxygen atoms in total.